The van der Waals surface area contributed by atoms with Crippen LogP contribution in [0.3, 0.4) is 0 Å². The topological polar surface area (TPSA) is 75.3 Å². The van der Waals surface area contributed by atoms with Crippen molar-refractivity contribution in [2.45, 2.75) is 32.0 Å². The van der Waals surface area contributed by atoms with Crippen LogP contribution < -0.4 is 10.6 Å². The monoisotopic (exact) mass is 485 g/mol. The number of hydrogen-bond acceptors (Lipinski definition) is 4. The number of thiocarbonyl (C=S) groups is 1. The number of aromatic nitrogens is 2. The van der Waals surface area contributed by atoms with Gasteiger partial charge in [0, 0.05) is 36.7 Å². The first-order chi connectivity index (χ1) is 17.1. The Bertz CT molecular complexity index is 1280. The Hall–Kier alpha value is -3.91. The average molecular weight is 486 g/mol. The molecule has 4 aromatic rings. The Morgan fingerprint density at radius 2 is 1.97 bits per heavy atom. The Labute approximate surface area is 209 Å². The SMILES string of the molecule is Cc1ccc(NC(=O)CCN2C(=S)NC(c3ccccn3)C2c2cccn2Cc2ccco2)cc1. The van der Waals surface area contributed by atoms with Crippen LogP contribution in [0, 0.1) is 6.92 Å². The summed E-state index contributed by atoms with van der Waals surface area (Å²) in [6, 6.07) is 21.4. The van der Waals surface area contributed by atoms with Crippen molar-refractivity contribution in [2.75, 3.05) is 11.9 Å². The van der Waals surface area contributed by atoms with E-state index in [1.807, 2.05) is 73.8 Å². The third-order valence-corrected chi connectivity index (χ3v) is 6.54. The zero-order valence-corrected chi connectivity index (χ0v) is 20.2. The van der Waals surface area contributed by atoms with Crippen LogP contribution in [-0.4, -0.2) is 32.0 Å². The van der Waals surface area contributed by atoms with Crippen molar-refractivity contribution in [3.05, 3.63) is 108 Å². The molecule has 1 fully saturated rings. The molecule has 2 N–H and O–H groups in total. The number of rotatable bonds is 8. The van der Waals surface area contributed by atoms with Gasteiger partial charge in [-0.1, -0.05) is 23.8 Å². The van der Waals surface area contributed by atoms with Crippen LogP contribution in [0.1, 0.15) is 41.2 Å². The highest BCUT2D eigenvalue weighted by molar-refractivity contribution is 7.80. The van der Waals surface area contributed by atoms with Crippen molar-refractivity contribution < 1.29 is 9.21 Å². The molecule has 0 bridgehead atoms. The summed E-state index contributed by atoms with van der Waals surface area (Å²) in [5.41, 5.74) is 3.91. The number of furan rings is 1. The van der Waals surface area contributed by atoms with Crippen LogP contribution in [0.5, 0.6) is 0 Å². The lowest BCUT2D eigenvalue weighted by Crippen LogP contribution is -2.33. The fraction of sp³-hybridized carbons (Fsp3) is 0.222. The lowest BCUT2D eigenvalue weighted by molar-refractivity contribution is -0.116. The maximum atomic E-state index is 12.8. The maximum absolute atomic E-state index is 12.8. The molecule has 2 atom stereocenters. The zero-order chi connectivity index (χ0) is 24.2. The van der Waals surface area contributed by atoms with Gasteiger partial charge in [0.1, 0.15) is 5.76 Å². The quantitative estimate of drug-likeness (QED) is 0.348. The van der Waals surface area contributed by atoms with Gasteiger partial charge in [0.05, 0.1) is 30.6 Å². The molecule has 4 heterocycles. The normalized spacial score (nSPS) is 17.4. The van der Waals surface area contributed by atoms with E-state index < -0.39 is 0 Å². The zero-order valence-electron chi connectivity index (χ0n) is 19.4. The molecule has 8 heteroatoms. The second kappa shape index (κ2) is 10.1. The van der Waals surface area contributed by atoms with Gasteiger partial charge in [0.2, 0.25) is 5.91 Å². The molecule has 5 rings (SSSR count). The fourth-order valence-corrected chi connectivity index (χ4v) is 4.79. The number of pyridine rings is 1. The summed E-state index contributed by atoms with van der Waals surface area (Å²) in [4.78, 5) is 19.4. The van der Waals surface area contributed by atoms with Crippen LogP contribution >= 0.6 is 12.2 Å². The summed E-state index contributed by atoms with van der Waals surface area (Å²) in [6.45, 7) is 3.10. The Balaban J connectivity index is 1.39. The number of hydrogen-bond donors (Lipinski definition) is 2. The maximum Gasteiger partial charge on any atom is 0.226 e. The van der Waals surface area contributed by atoms with E-state index in [4.69, 9.17) is 16.6 Å². The molecule has 2 unspecified atom stereocenters. The summed E-state index contributed by atoms with van der Waals surface area (Å²) in [6.07, 6.45) is 5.81. The number of anilines is 1. The van der Waals surface area contributed by atoms with Gasteiger partial charge in [-0.05, 0) is 67.7 Å². The molecule has 1 aliphatic rings. The van der Waals surface area contributed by atoms with Crippen molar-refractivity contribution in [1.29, 1.82) is 0 Å². The van der Waals surface area contributed by atoms with Gasteiger partial charge in [-0.25, -0.2) is 0 Å². The smallest absolute Gasteiger partial charge is 0.226 e. The molecule has 1 aromatic carbocycles. The van der Waals surface area contributed by atoms with Gasteiger partial charge in [0.15, 0.2) is 5.11 Å². The van der Waals surface area contributed by atoms with E-state index in [-0.39, 0.29) is 18.0 Å². The molecule has 1 amide bonds. The summed E-state index contributed by atoms with van der Waals surface area (Å²) in [5, 5.41) is 7.04. The molecule has 1 aliphatic heterocycles. The van der Waals surface area contributed by atoms with Crippen molar-refractivity contribution in [3.63, 3.8) is 0 Å². The van der Waals surface area contributed by atoms with Gasteiger partial charge in [-0.2, -0.15) is 0 Å². The van der Waals surface area contributed by atoms with E-state index in [9.17, 15) is 4.79 Å². The predicted octanol–water partition coefficient (Wildman–Crippen LogP) is 4.83. The van der Waals surface area contributed by atoms with Crippen LogP contribution in [0.4, 0.5) is 5.69 Å². The second-order valence-electron chi connectivity index (χ2n) is 8.62. The Morgan fingerprint density at radius 3 is 2.71 bits per heavy atom. The second-order valence-corrected chi connectivity index (χ2v) is 9.01. The third-order valence-electron chi connectivity index (χ3n) is 6.19. The highest BCUT2D eigenvalue weighted by Crippen LogP contribution is 2.39. The Kier molecular flexibility index (Phi) is 6.63. The summed E-state index contributed by atoms with van der Waals surface area (Å²) < 4.78 is 7.75. The molecule has 1 saturated heterocycles. The van der Waals surface area contributed by atoms with Gasteiger partial charge < -0.3 is 24.5 Å². The minimum atomic E-state index is -0.144. The van der Waals surface area contributed by atoms with Crippen LogP contribution in [0.15, 0.2) is 89.8 Å². The van der Waals surface area contributed by atoms with Crippen LogP contribution in [-0.2, 0) is 11.3 Å². The molecule has 0 spiro atoms. The first kappa shape index (κ1) is 22.9. The van der Waals surface area contributed by atoms with Crippen LogP contribution in [0.25, 0.3) is 0 Å². The number of carbonyl (C=O) groups excluding carboxylic acids is 1. The number of amides is 1. The minimum absolute atomic E-state index is 0.0531. The molecular weight excluding hydrogens is 458 g/mol. The first-order valence-electron chi connectivity index (χ1n) is 11.6. The Morgan fingerprint density at radius 1 is 1.11 bits per heavy atom. The highest BCUT2D eigenvalue weighted by Gasteiger charge is 2.41. The lowest BCUT2D eigenvalue weighted by atomic mass is 10.0. The van der Waals surface area contributed by atoms with Crippen molar-refractivity contribution in [3.8, 4) is 0 Å². The first-order valence-corrected chi connectivity index (χ1v) is 12.0. The number of aryl methyl sites for hydroxylation is 1. The molecule has 35 heavy (non-hydrogen) atoms. The van der Waals surface area contributed by atoms with E-state index in [1.165, 1.54) is 0 Å². The number of benzene rings is 1. The van der Waals surface area contributed by atoms with E-state index in [2.05, 4.69) is 31.2 Å². The van der Waals surface area contributed by atoms with Crippen LogP contribution in [0.2, 0.25) is 0 Å². The highest BCUT2D eigenvalue weighted by atomic mass is 32.1. The van der Waals surface area contributed by atoms with Gasteiger partial charge >= 0.3 is 0 Å². The standard InChI is InChI=1S/C27H27N5O2S/c1-19-9-11-20(12-10-19)29-24(33)13-16-32-26(25(30-27(32)35)22-7-2-3-14-28-22)23-8-4-15-31(23)18-21-6-5-17-34-21/h2-12,14-15,17,25-26H,13,16,18H2,1H3,(H,29,33)(H,30,35). The van der Waals surface area contributed by atoms with E-state index in [1.54, 1.807) is 12.5 Å². The number of carbonyl (C=O) groups is 1. The molecule has 3 aromatic heterocycles. The van der Waals surface area contributed by atoms with Crippen molar-refractivity contribution in [2.24, 2.45) is 0 Å². The van der Waals surface area contributed by atoms with E-state index in [0.717, 1.165) is 28.4 Å². The van der Waals surface area contributed by atoms with Crippen molar-refractivity contribution >= 4 is 28.9 Å². The number of nitrogens with zero attached hydrogens (tertiary/aromatic N) is 3. The summed E-state index contributed by atoms with van der Waals surface area (Å²) in [7, 11) is 0. The number of nitrogens with one attached hydrogen (secondary N) is 2. The molecule has 0 aliphatic carbocycles. The van der Waals surface area contributed by atoms with Gasteiger partial charge in [-0.15, -0.1) is 0 Å². The largest absolute Gasteiger partial charge is 0.467 e. The summed E-state index contributed by atoms with van der Waals surface area (Å²) >= 11 is 5.75. The van der Waals surface area contributed by atoms with Gasteiger partial charge in [0.25, 0.3) is 0 Å². The predicted molar refractivity (Wildman–Crippen MR) is 139 cm³/mol. The average Bonchev–Trinajstić information content (AvgIpc) is 3.61. The summed E-state index contributed by atoms with van der Waals surface area (Å²) in [5.74, 6) is 0.817. The molecular formula is C27H27N5O2S. The van der Waals surface area contributed by atoms with Crippen molar-refractivity contribution in [1.82, 2.24) is 19.8 Å². The lowest BCUT2D eigenvalue weighted by Gasteiger charge is -2.28. The fourth-order valence-electron chi connectivity index (χ4n) is 4.46. The van der Waals surface area contributed by atoms with E-state index >= 15 is 0 Å². The molecule has 0 radical (unpaired) electrons. The molecule has 7 nitrogen and oxygen atoms in total. The molecule has 0 saturated carbocycles. The minimum Gasteiger partial charge on any atom is -0.467 e. The van der Waals surface area contributed by atoms with Gasteiger partial charge in [-0.3, -0.25) is 9.78 Å². The third kappa shape index (κ3) is 5.12. The molecule has 178 valence electrons. The van der Waals surface area contributed by atoms with E-state index in [0.29, 0.717) is 24.6 Å².